The van der Waals surface area contributed by atoms with Crippen LogP contribution < -0.4 is 0 Å². The van der Waals surface area contributed by atoms with E-state index >= 15 is 0 Å². The molecule has 4 N–H and O–H groups in total. The molecule has 0 aromatic rings. The minimum Gasteiger partial charge on any atom is -0.463 e. The number of aliphatic hydroxyl groups excluding tert-OH is 4. The Bertz CT molecular complexity index is 233. The van der Waals surface area contributed by atoms with Crippen molar-refractivity contribution in [2.45, 2.75) is 63.8 Å². The van der Waals surface area contributed by atoms with Gasteiger partial charge in [-0.1, -0.05) is 32.6 Å². The van der Waals surface area contributed by atoms with Gasteiger partial charge in [-0.25, -0.2) is 0 Å². The van der Waals surface area contributed by atoms with E-state index in [1.165, 1.54) is 0 Å². The molecular weight excluding hydrogens is 252 g/mol. The summed E-state index contributed by atoms with van der Waals surface area (Å²) in [6.45, 7) is 1.07. The summed E-state index contributed by atoms with van der Waals surface area (Å²) in [6.07, 6.45) is 1.02. The molecule has 0 rings (SSSR count). The molecule has 0 saturated heterocycles. The Balaban J connectivity index is 3.66. The van der Waals surface area contributed by atoms with Crippen molar-refractivity contribution in [1.29, 1.82) is 0 Å². The highest BCUT2D eigenvalue weighted by Crippen LogP contribution is 2.07. The predicted molar refractivity (Wildman–Crippen MR) is 69.4 cm³/mol. The molecule has 3 unspecified atom stereocenters. The third-order valence-electron chi connectivity index (χ3n) is 2.88. The van der Waals surface area contributed by atoms with Gasteiger partial charge in [-0.15, -0.1) is 0 Å². The lowest BCUT2D eigenvalue weighted by atomic mass is 10.1. The van der Waals surface area contributed by atoms with E-state index in [0.717, 1.165) is 32.1 Å². The van der Waals surface area contributed by atoms with Crippen LogP contribution in [-0.2, 0) is 9.53 Å². The number of esters is 1. The fourth-order valence-electron chi connectivity index (χ4n) is 1.59. The summed E-state index contributed by atoms with van der Waals surface area (Å²) < 4.78 is 4.78. The standard InChI is InChI=1S/C13H26O6/c1-2-3-4-5-6-7-12(17)19-9-11(16)13(18)10(15)8-14/h10-11,13-16,18H,2-9H2,1H3. The molecule has 0 aliphatic heterocycles. The number of aliphatic hydroxyl groups is 4. The number of hydrogen-bond donors (Lipinski definition) is 4. The zero-order valence-corrected chi connectivity index (χ0v) is 11.5. The van der Waals surface area contributed by atoms with Gasteiger partial charge in [0.25, 0.3) is 0 Å². The van der Waals surface area contributed by atoms with E-state index in [0.29, 0.717) is 0 Å². The Hall–Kier alpha value is -0.690. The van der Waals surface area contributed by atoms with Crippen LogP contribution in [-0.4, -0.2) is 57.9 Å². The van der Waals surface area contributed by atoms with E-state index in [2.05, 4.69) is 6.92 Å². The van der Waals surface area contributed by atoms with Crippen LogP contribution in [0.25, 0.3) is 0 Å². The monoisotopic (exact) mass is 278 g/mol. The molecule has 0 aromatic carbocycles. The minimum atomic E-state index is -1.53. The first kappa shape index (κ1) is 18.3. The van der Waals surface area contributed by atoms with Crippen LogP contribution in [0.3, 0.4) is 0 Å². The molecule has 6 heteroatoms. The number of carbonyl (C=O) groups is 1. The van der Waals surface area contributed by atoms with Crippen LogP contribution in [0.15, 0.2) is 0 Å². The molecule has 6 nitrogen and oxygen atoms in total. The quantitative estimate of drug-likeness (QED) is 0.312. The molecule has 3 atom stereocenters. The van der Waals surface area contributed by atoms with Gasteiger partial charge in [-0.05, 0) is 6.42 Å². The Morgan fingerprint density at radius 1 is 1.05 bits per heavy atom. The van der Waals surface area contributed by atoms with Gasteiger partial charge in [-0.2, -0.15) is 0 Å². The van der Waals surface area contributed by atoms with E-state index in [9.17, 15) is 15.0 Å². The SMILES string of the molecule is CCCCCCCC(=O)OCC(O)C(O)C(O)CO. The molecule has 0 radical (unpaired) electrons. The molecule has 0 fully saturated rings. The third-order valence-corrected chi connectivity index (χ3v) is 2.88. The highest BCUT2D eigenvalue weighted by atomic mass is 16.5. The Morgan fingerprint density at radius 3 is 2.26 bits per heavy atom. The van der Waals surface area contributed by atoms with Crippen molar-refractivity contribution < 1.29 is 30.0 Å². The minimum absolute atomic E-state index is 0.287. The number of rotatable bonds is 11. The summed E-state index contributed by atoms with van der Waals surface area (Å²) in [4.78, 5) is 11.3. The first-order valence-electron chi connectivity index (χ1n) is 6.83. The maximum absolute atomic E-state index is 11.3. The molecule has 114 valence electrons. The second-order valence-corrected chi connectivity index (χ2v) is 4.66. The molecule has 0 aliphatic rings. The van der Waals surface area contributed by atoms with Crippen LogP contribution in [0.5, 0.6) is 0 Å². The van der Waals surface area contributed by atoms with Crippen molar-refractivity contribution in [2.75, 3.05) is 13.2 Å². The summed E-state index contributed by atoms with van der Waals surface area (Å²) in [5.74, 6) is -0.429. The van der Waals surface area contributed by atoms with Gasteiger partial charge < -0.3 is 25.2 Å². The normalized spacial score (nSPS) is 15.8. The molecule has 0 saturated carbocycles. The number of unbranched alkanes of at least 4 members (excludes halogenated alkanes) is 4. The second kappa shape index (κ2) is 11.2. The number of ether oxygens (including phenoxy) is 1. The molecule has 0 amide bonds. The van der Waals surface area contributed by atoms with Crippen molar-refractivity contribution >= 4 is 5.97 Å². The smallest absolute Gasteiger partial charge is 0.305 e. The largest absolute Gasteiger partial charge is 0.463 e. The topological polar surface area (TPSA) is 107 Å². The lowest BCUT2D eigenvalue weighted by Crippen LogP contribution is -2.42. The maximum atomic E-state index is 11.3. The van der Waals surface area contributed by atoms with Gasteiger partial charge >= 0.3 is 5.97 Å². The van der Waals surface area contributed by atoms with Gasteiger partial charge in [0.05, 0.1) is 6.61 Å². The average molecular weight is 278 g/mol. The zero-order valence-electron chi connectivity index (χ0n) is 11.5. The highest BCUT2D eigenvalue weighted by Gasteiger charge is 2.25. The summed E-state index contributed by atoms with van der Waals surface area (Å²) >= 11 is 0. The maximum Gasteiger partial charge on any atom is 0.305 e. The molecule has 0 aromatic heterocycles. The fourth-order valence-corrected chi connectivity index (χ4v) is 1.59. The molecule has 0 aliphatic carbocycles. The Kier molecular flexibility index (Phi) is 10.8. The van der Waals surface area contributed by atoms with Crippen molar-refractivity contribution in [1.82, 2.24) is 0 Å². The van der Waals surface area contributed by atoms with Crippen LogP contribution in [0.4, 0.5) is 0 Å². The van der Waals surface area contributed by atoms with E-state index < -0.39 is 30.9 Å². The molecule has 0 heterocycles. The summed E-state index contributed by atoms with van der Waals surface area (Å²) in [5, 5.41) is 36.4. The van der Waals surface area contributed by atoms with Crippen molar-refractivity contribution in [3.05, 3.63) is 0 Å². The summed E-state index contributed by atoms with van der Waals surface area (Å²) in [7, 11) is 0. The molecule has 0 spiro atoms. The van der Waals surface area contributed by atoms with E-state index in [-0.39, 0.29) is 13.0 Å². The van der Waals surface area contributed by atoms with Crippen LogP contribution >= 0.6 is 0 Å². The number of carbonyl (C=O) groups excluding carboxylic acids is 1. The van der Waals surface area contributed by atoms with Gasteiger partial charge in [-0.3, -0.25) is 4.79 Å². The fraction of sp³-hybridized carbons (Fsp3) is 0.923. The predicted octanol–water partition coefficient (Wildman–Crippen LogP) is -0.0349. The lowest BCUT2D eigenvalue weighted by Gasteiger charge is -2.21. The molecule has 19 heavy (non-hydrogen) atoms. The third kappa shape index (κ3) is 8.93. The van der Waals surface area contributed by atoms with E-state index in [1.807, 2.05) is 0 Å². The molecular formula is C13H26O6. The van der Waals surface area contributed by atoms with Crippen molar-refractivity contribution in [3.8, 4) is 0 Å². The van der Waals surface area contributed by atoms with Crippen LogP contribution in [0, 0.1) is 0 Å². The van der Waals surface area contributed by atoms with Crippen molar-refractivity contribution in [3.63, 3.8) is 0 Å². The Morgan fingerprint density at radius 2 is 1.68 bits per heavy atom. The highest BCUT2D eigenvalue weighted by molar-refractivity contribution is 5.69. The van der Waals surface area contributed by atoms with Gasteiger partial charge in [0.2, 0.25) is 0 Å². The van der Waals surface area contributed by atoms with Gasteiger partial charge in [0, 0.05) is 6.42 Å². The number of hydrogen-bond acceptors (Lipinski definition) is 6. The zero-order chi connectivity index (χ0) is 14.7. The first-order valence-corrected chi connectivity index (χ1v) is 6.83. The van der Waals surface area contributed by atoms with E-state index in [1.54, 1.807) is 0 Å². The second-order valence-electron chi connectivity index (χ2n) is 4.66. The van der Waals surface area contributed by atoms with Gasteiger partial charge in [0.15, 0.2) is 0 Å². The summed E-state index contributed by atoms with van der Waals surface area (Å²) in [5.41, 5.74) is 0. The summed E-state index contributed by atoms with van der Waals surface area (Å²) in [6, 6.07) is 0. The van der Waals surface area contributed by atoms with Crippen LogP contribution in [0.2, 0.25) is 0 Å². The lowest BCUT2D eigenvalue weighted by molar-refractivity contribution is -0.152. The van der Waals surface area contributed by atoms with Crippen LogP contribution in [0.1, 0.15) is 45.4 Å². The first-order chi connectivity index (χ1) is 9.02. The Labute approximate surface area is 114 Å². The average Bonchev–Trinajstić information content (AvgIpc) is 2.42. The van der Waals surface area contributed by atoms with Gasteiger partial charge in [0.1, 0.15) is 24.9 Å². The van der Waals surface area contributed by atoms with Crippen molar-refractivity contribution in [2.24, 2.45) is 0 Å². The van der Waals surface area contributed by atoms with E-state index in [4.69, 9.17) is 14.9 Å². The molecule has 0 bridgehead atoms.